The number of carbonyl (C=O) groups is 1. The van der Waals surface area contributed by atoms with Gasteiger partial charge < -0.3 is 11.1 Å². The number of hydrogen-bond acceptors (Lipinski definition) is 2. The van der Waals surface area contributed by atoms with Crippen LogP contribution >= 0.6 is 0 Å². The van der Waals surface area contributed by atoms with Gasteiger partial charge in [0.25, 0.3) is 0 Å². The molecule has 0 bridgehead atoms. The summed E-state index contributed by atoms with van der Waals surface area (Å²) in [5, 5.41) is 2.66. The van der Waals surface area contributed by atoms with E-state index in [4.69, 9.17) is 5.73 Å². The largest absolute Gasteiger partial charge is 0.399 e. The van der Waals surface area contributed by atoms with Crippen molar-refractivity contribution < 1.29 is 4.79 Å². The molecule has 0 spiro atoms. The van der Waals surface area contributed by atoms with E-state index < -0.39 is 0 Å². The molecule has 0 atom stereocenters. The molecular weight excluding hydrogens is 202 g/mol. The molecule has 0 aliphatic carbocycles. The number of benzene rings is 1. The van der Waals surface area contributed by atoms with Crippen molar-refractivity contribution in [3.63, 3.8) is 0 Å². The van der Waals surface area contributed by atoms with Crippen molar-refractivity contribution in [2.75, 3.05) is 24.2 Å². The lowest BCUT2D eigenvalue weighted by Gasteiger charge is -2.20. The zero-order valence-corrected chi connectivity index (χ0v) is 9.87. The first-order valence-corrected chi connectivity index (χ1v) is 5.35. The molecule has 4 nitrogen and oxygen atoms in total. The minimum Gasteiger partial charge on any atom is -0.399 e. The zero-order valence-electron chi connectivity index (χ0n) is 9.87. The van der Waals surface area contributed by atoms with E-state index in [9.17, 15) is 4.79 Å². The van der Waals surface area contributed by atoms with Crippen LogP contribution < -0.4 is 16.0 Å². The van der Waals surface area contributed by atoms with Crippen molar-refractivity contribution in [1.29, 1.82) is 0 Å². The second-order valence-corrected chi connectivity index (χ2v) is 4.80. The highest BCUT2D eigenvalue weighted by Gasteiger charge is 2.37. The number of hydrogen-bond donors (Lipinski definition) is 2. The summed E-state index contributed by atoms with van der Waals surface area (Å²) in [6.07, 6.45) is 0. The third-order valence-electron chi connectivity index (χ3n) is 3.05. The quantitative estimate of drug-likeness (QED) is 0.652. The predicted molar refractivity (Wildman–Crippen MR) is 65.7 cm³/mol. The molecule has 0 saturated heterocycles. The Balaban J connectivity index is 2.51. The summed E-state index contributed by atoms with van der Waals surface area (Å²) in [7, 11) is 1.64. The summed E-state index contributed by atoms with van der Waals surface area (Å²) in [6, 6.07) is 5.62. The minimum absolute atomic E-state index is 0.0444. The van der Waals surface area contributed by atoms with Crippen LogP contribution in [0.25, 0.3) is 0 Å². The van der Waals surface area contributed by atoms with Crippen LogP contribution in [-0.2, 0) is 5.41 Å². The Bertz CT molecular complexity index is 440. The molecule has 0 aromatic heterocycles. The lowest BCUT2D eigenvalue weighted by molar-refractivity contribution is 0.247. The van der Waals surface area contributed by atoms with Crippen LogP contribution in [0.1, 0.15) is 19.4 Å². The second-order valence-electron chi connectivity index (χ2n) is 4.80. The summed E-state index contributed by atoms with van der Waals surface area (Å²) in [5.74, 6) is 0. The van der Waals surface area contributed by atoms with E-state index >= 15 is 0 Å². The van der Waals surface area contributed by atoms with Crippen LogP contribution in [-0.4, -0.2) is 19.6 Å². The molecular formula is C12H17N3O. The number of anilines is 2. The van der Waals surface area contributed by atoms with Gasteiger partial charge in [0.05, 0.1) is 0 Å². The van der Waals surface area contributed by atoms with Crippen molar-refractivity contribution in [2.45, 2.75) is 19.3 Å². The lowest BCUT2D eigenvalue weighted by Crippen LogP contribution is -2.39. The number of carbonyl (C=O) groups excluding carboxylic acids is 1. The molecule has 0 unspecified atom stereocenters. The fraction of sp³-hybridized carbons (Fsp3) is 0.417. The minimum atomic E-state index is -0.0726. The van der Waals surface area contributed by atoms with E-state index in [1.165, 1.54) is 0 Å². The van der Waals surface area contributed by atoms with Gasteiger partial charge >= 0.3 is 6.03 Å². The summed E-state index contributed by atoms with van der Waals surface area (Å²) in [4.78, 5) is 13.5. The van der Waals surface area contributed by atoms with Crippen molar-refractivity contribution in [3.8, 4) is 0 Å². The molecule has 2 rings (SSSR count). The lowest BCUT2D eigenvalue weighted by atomic mass is 9.87. The van der Waals surface area contributed by atoms with E-state index in [-0.39, 0.29) is 11.4 Å². The highest BCUT2D eigenvalue weighted by Crippen LogP contribution is 2.41. The smallest absolute Gasteiger partial charge is 0.321 e. The summed E-state index contributed by atoms with van der Waals surface area (Å²) >= 11 is 0. The first-order valence-electron chi connectivity index (χ1n) is 5.35. The number of fused-ring (bicyclic) bond motifs is 1. The molecule has 1 heterocycles. The van der Waals surface area contributed by atoms with E-state index in [2.05, 4.69) is 19.2 Å². The normalized spacial score (nSPS) is 17.1. The van der Waals surface area contributed by atoms with Gasteiger partial charge in [-0.15, -0.1) is 0 Å². The summed E-state index contributed by atoms with van der Waals surface area (Å²) in [6.45, 7) is 4.92. The Labute approximate surface area is 95.4 Å². The van der Waals surface area contributed by atoms with Gasteiger partial charge in [-0.25, -0.2) is 4.79 Å². The van der Waals surface area contributed by atoms with Gasteiger partial charge in [0.15, 0.2) is 0 Å². The van der Waals surface area contributed by atoms with Gasteiger partial charge in [-0.2, -0.15) is 0 Å². The number of nitrogens with one attached hydrogen (secondary N) is 1. The molecule has 0 saturated carbocycles. The standard InChI is InChI=1S/C12H17N3O/c1-12(2)7-15(11(16)14-3)10-5-4-8(13)6-9(10)12/h4-6H,7,13H2,1-3H3,(H,14,16). The first kappa shape index (κ1) is 10.8. The Morgan fingerprint density at radius 2 is 2.19 bits per heavy atom. The molecule has 4 heteroatoms. The van der Waals surface area contributed by atoms with Gasteiger partial charge in [0.2, 0.25) is 0 Å². The third-order valence-corrected chi connectivity index (χ3v) is 3.05. The van der Waals surface area contributed by atoms with Crippen LogP contribution in [0.4, 0.5) is 16.2 Å². The van der Waals surface area contributed by atoms with Crippen molar-refractivity contribution in [1.82, 2.24) is 5.32 Å². The van der Waals surface area contributed by atoms with E-state index in [0.717, 1.165) is 16.9 Å². The van der Waals surface area contributed by atoms with Crippen molar-refractivity contribution >= 4 is 17.4 Å². The van der Waals surface area contributed by atoms with Crippen molar-refractivity contribution in [2.24, 2.45) is 0 Å². The maximum absolute atomic E-state index is 11.7. The van der Waals surface area contributed by atoms with Crippen LogP contribution in [0.2, 0.25) is 0 Å². The molecule has 3 N–H and O–H groups in total. The van der Waals surface area contributed by atoms with Gasteiger partial charge in [-0.05, 0) is 23.8 Å². The van der Waals surface area contributed by atoms with Gasteiger partial charge in [0.1, 0.15) is 0 Å². The predicted octanol–water partition coefficient (Wildman–Crippen LogP) is 1.71. The number of rotatable bonds is 0. The average Bonchev–Trinajstić information content (AvgIpc) is 2.50. The van der Waals surface area contributed by atoms with E-state index in [0.29, 0.717) is 6.54 Å². The molecule has 1 aromatic rings. The van der Waals surface area contributed by atoms with Gasteiger partial charge in [0, 0.05) is 30.4 Å². The second kappa shape index (κ2) is 3.40. The van der Waals surface area contributed by atoms with E-state index in [1.54, 1.807) is 11.9 Å². The molecule has 86 valence electrons. The van der Waals surface area contributed by atoms with Crippen LogP contribution in [0.5, 0.6) is 0 Å². The topological polar surface area (TPSA) is 58.4 Å². The molecule has 1 aromatic carbocycles. The highest BCUT2D eigenvalue weighted by atomic mass is 16.2. The Morgan fingerprint density at radius 1 is 1.50 bits per heavy atom. The summed E-state index contributed by atoms with van der Waals surface area (Å²) in [5.41, 5.74) is 8.58. The fourth-order valence-electron chi connectivity index (χ4n) is 2.21. The molecule has 1 aliphatic heterocycles. The molecule has 1 aliphatic rings. The number of urea groups is 1. The Kier molecular flexibility index (Phi) is 2.30. The van der Waals surface area contributed by atoms with Crippen LogP contribution in [0.3, 0.4) is 0 Å². The maximum Gasteiger partial charge on any atom is 0.321 e. The Morgan fingerprint density at radius 3 is 2.81 bits per heavy atom. The highest BCUT2D eigenvalue weighted by molar-refractivity contribution is 5.95. The summed E-state index contributed by atoms with van der Waals surface area (Å²) < 4.78 is 0. The maximum atomic E-state index is 11.7. The number of nitrogen functional groups attached to an aromatic ring is 1. The number of amides is 2. The third kappa shape index (κ3) is 1.50. The van der Waals surface area contributed by atoms with Crippen molar-refractivity contribution in [3.05, 3.63) is 23.8 Å². The molecule has 0 radical (unpaired) electrons. The average molecular weight is 219 g/mol. The van der Waals surface area contributed by atoms with Crippen LogP contribution in [0, 0.1) is 0 Å². The monoisotopic (exact) mass is 219 g/mol. The Hall–Kier alpha value is -1.71. The van der Waals surface area contributed by atoms with Gasteiger partial charge in [-0.3, -0.25) is 4.90 Å². The molecule has 0 fully saturated rings. The molecule has 2 amide bonds. The zero-order chi connectivity index (χ0) is 11.9. The SMILES string of the molecule is CNC(=O)N1CC(C)(C)c2cc(N)ccc21. The van der Waals surface area contributed by atoms with Gasteiger partial charge in [-0.1, -0.05) is 13.8 Å². The molecule has 16 heavy (non-hydrogen) atoms. The number of nitrogens with two attached hydrogens (primary N) is 1. The number of nitrogens with zero attached hydrogens (tertiary/aromatic N) is 1. The van der Waals surface area contributed by atoms with E-state index in [1.807, 2.05) is 18.2 Å². The van der Waals surface area contributed by atoms with Crippen LogP contribution in [0.15, 0.2) is 18.2 Å². The fourth-order valence-corrected chi connectivity index (χ4v) is 2.21. The first-order chi connectivity index (χ1) is 7.45.